The van der Waals surface area contributed by atoms with E-state index in [1.54, 1.807) is 24.6 Å². The summed E-state index contributed by atoms with van der Waals surface area (Å²) in [5, 5.41) is 16.5. The van der Waals surface area contributed by atoms with Gasteiger partial charge in [-0.3, -0.25) is 14.4 Å². The number of aromatic nitrogens is 1. The summed E-state index contributed by atoms with van der Waals surface area (Å²) in [5.41, 5.74) is -0.838. The van der Waals surface area contributed by atoms with Gasteiger partial charge in [0.2, 0.25) is 5.43 Å². The Morgan fingerprint density at radius 2 is 2.03 bits per heavy atom. The zero-order chi connectivity index (χ0) is 24.4. The van der Waals surface area contributed by atoms with Gasteiger partial charge in [0.1, 0.15) is 11.4 Å². The van der Waals surface area contributed by atoms with Gasteiger partial charge in [-0.25, -0.2) is 4.39 Å². The fourth-order valence-electron chi connectivity index (χ4n) is 4.18. The Labute approximate surface area is 196 Å². The van der Waals surface area contributed by atoms with E-state index >= 15 is 0 Å². The number of aromatic hydroxyl groups is 1. The molecular weight excluding hydrogens is 451 g/mol. The van der Waals surface area contributed by atoms with Gasteiger partial charge >= 0.3 is 0 Å². The van der Waals surface area contributed by atoms with Crippen LogP contribution in [0.5, 0.6) is 5.75 Å². The van der Waals surface area contributed by atoms with Crippen molar-refractivity contribution in [1.29, 1.82) is 0 Å². The first-order valence-corrected chi connectivity index (χ1v) is 11.2. The van der Waals surface area contributed by atoms with E-state index in [0.717, 1.165) is 0 Å². The van der Waals surface area contributed by atoms with Gasteiger partial charge in [-0.15, -0.1) is 0 Å². The number of halogens is 2. The summed E-state index contributed by atoms with van der Waals surface area (Å²) >= 11 is 5.81. The first-order chi connectivity index (χ1) is 15.6. The maximum absolute atomic E-state index is 14.2. The van der Waals surface area contributed by atoms with Crippen molar-refractivity contribution in [1.82, 2.24) is 20.1 Å². The van der Waals surface area contributed by atoms with E-state index in [1.807, 2.05) is 13.8 Å². The highest BCUT2D eigenvalue weighted by atomic mass is 35.5. The van der Waals surface area contributed by atoms with E-state index in [2.05, 4.69) is 10.6 Å². The lowest BCUT2D eigenvalue weighted by Gasteiger charge is -2.23. The molecule has 1 aliphatic rings. The smallest absolute Gasteiger partial charge is 0.274 e. The summed E-state index contributed by atoms with van der Waals surface area (Å²) in [6.07, 6.45) is 0.524. The molecule has 1 aromatic carbocycles. The molecule has 0 spiro atoms. The molecular formula is C23H28ClFN4O4. The average Bonchev–Trinajstić information content (AvgIpc) is 3.10. The Hall–Kier alpha value is -2.91. The maximum atomic E-state index is 14.2. The van der Waals surface area contributed by atoms with Gasteiger partial charge in [-0.2, -0.15) is 0 Å². The number of hydrogen-bond donors (Lipinski definition) is 3. The summed E-state index contributed by atoms with van der Waals surface area (Å²) in [6.45, 7) is 6.27. The number of amides is 2. The highest BCUT2D eigenvalue weighted by Crippen LogP contribution is 2.39. The van der Waals surface area contributed by atoms with E-state index in [4.69, 9.17) is 11.6 Å². The first kappa shape index (κ1) is 24.7. The molecule has 178 valence electrons. The molecule has 0 radical (unpaired) electrons. The normalized spacial score (nSPS) is 17.0. The average molecular weight is 479 g/mol. The van der Waals surface area contributed by atoms with Crippen molar-refractivity contribution < 1.29 is 19.1 Å². The molecule has 10 heteroatoms. The second kappa shape index (κ2) is 9.93. The number of carbonyl (C=O) groups is 2. The van der Waals surface area contributed by atoms with Gasteiger partial charge < -0.3 is 25.2 Å². The van der Waals surface area contributed by atoms with E-state index in [9.17, 15) is 23.9 Å². The number of pyridine rings is 1. The van der Waals surface area contributed by atoms with Crippen LogP contribution in [0.15, 0.2) is 23.0 Å². The molecule has 0 unspecified atom stereocenters. The van der Waals surface area contributed by atoms with Crippen LogP contribution < -0.4 is 16.1 Å². The number of fused-ring (bicyclic) bond motifs is 1. The fourth-order valence-corrected chi connectivity index (χ4v) is 4.37. The highest BCUT2D eigenvalue weighted by Gasteiger charge is 2.39. The van der Waals surface area contributed by atoms with Gasteiger partial charge in [0.15, 0.2) is 11.4 Å². The predicted octanol–water partition coefficient (Wildman–Crippen LogP) is 2.98. The third kappa shape index (κ3) is 4.47. The van der Waals surface area contributed by atoms with Gasteiger partial charge in [0, 0.05) is 31.7 Å². The molecule has 0 aliphatic carbocycles. The van der Waals surface area contributed by atoms with Gasteiger partial charge in [-0.05, 0) is 32.9 Å². The van der Waals surface area contributed by atoms with Crippen LogP contribution in [-0.4, -0.2) is 46.5 Å². The Kier molecular flexibility index (Phi) is 7.44. The minimum atomic E-state index is -0.935. The summed E-state index contributed by atoms with van der Waals surface area (Å²) in [6, 6.07) is 3.79. The molecule has 3 rings (SSSR count). The molecule has 0 bridgehead atoms. The number of hydrogen-bond acceptors (Lipinski definition) is 5. The standard InChI is InChI=1S/C23H28ClFN4O4/c1-5-26-15-10-12(3)29-18(15)16(20(30)21(31)19(29)23(33)28(4)6-2)22(32)27-11-13-8-7-9-14(24)17(13)25/h7-9,12,15,26,31H,5-6,10-11H2,1-4H3,(H,27,32)/t12-,15+/m0/s1. The molecule has 0 saturated heterocycles. The maximum Gasteiger partial charge on any atom is 0.274 e. The second-order valence-electron chi connectivity index (χ2n) is 8.07. The lowest BCUT2D eigenvalue weighted by atomic mass is 10.0. The number of rotatable bonds is 7. The lowest BCUT2D eigenvalue weighted by molar-refractivity contribution is 0.0783. The Morgan fingerprint density at radius 3 is 2.67 bits per heavy atom. The number of nitrogens with zero attached hydrogens (tertiary/aromatic N) is 2. The monoisotopic (exact) mass is 478 g/mol. The third-order valence-corrected chi connectivity index (χ3v) is 6.23. The SMILES string of the molecule is CCN[C@@H]1C[C@H](C)n2c(C(=O)N(C)CC)c(O)c(=O)c(C(=O)NCc3cccc(Cl)c3F)c21. The quantitative estimate of drug-likeness (QED) is 0.567. The lowest BCUT2D eigenvalue weighted by Crippen LogP contribution is -2.37. The van der Waals surface area contributed by atoms with Crippen LogP contribution in [0.4, 0.5) is 4.39 Å². The highest BCUT2D eigenvalue weighted by molar-refractivity contribution is 6.30. The van der Waals surface area contributed by atoms with Gasteiger partial charge in [0.05, 0.1) is 16.8 Å². The van der Waals surface area contributed by atoms with Crippen LogP contribution in [0.2, 0.25) is 5.02 Å². The minimum absolute atomic E-state index is 0.0794. The number of carbonyl (C=O) groups excluding carboxylic acids is 2. The van der Waals surface area contributed by atoms with E-state index < -0.39 is 28.8 Å². The molecule has 3 N–H and O–H groups in total. The number of nitrogens with one attached hydrogen (secondary N) is 2. The van der Waals surface area contributed by atoms with E-state index in [-0.39, 0.29) is 40.5 Å². The summed E-state index contributed by atoms with van der Waals surface area (Å²) < 4.78 is 15.8. The third-order valence-electron chi connectivity index (χ3n) is 5.94. The first-order valence-electron chi connectivity index (χ1n) is 10.8. The molecule has 8 nitrogen and oxygen atoms in total. The van der Waals surface area contributed by atoms with Crippen molar-refractivity contribution in [3.8, 4) is 5.75 Å². The van der Waals surface area contributed by atoms with Gasteiger partial charge in [-0.1, -0.05) is 30.7 Å². The topological polar surface area (TPSA) is 104 Å². The Bertz CT molecular complexity index is 1150. The van der Waals surface area contributed by atoms with Crippen LogP contribution in [-0.2, 0) is 6.54 Å². The number of benzene rings is 1. The van der Waals surface area contributed by atoms with Crippen molar-refractivity contribution in [3.63, 3.8) is 0 Å². The molecule has 2 amide bonds. The van der Waals surface area contributed by atoms with E-state index in [1.165, 1.54) is 17.0 Å². The Morgan fingerprint density at radius 1 is 1.33 bits per heavy atom. The minimum Gasteiger partial charge on any atom is -0.503 e. The van der Waals surface area contributed by atoms with Crippen molar-refractivity contribution in [3.05, 3.63) is 61.8 Å². The molecule has 1 aromatic heterocycles. The predicted molar refractivity (Wildman–Crippen MR) is 123 cm³/mol. The van der Waals surface area contributed by atoms with Crippen molar-refractivity contribution in [2.45, 2.75) is 45.8 Å². The zero-order valence-corrected chi connectivity index (χ0v) is 19.8. The molecule has 2 atom stereocenters. The summed E-state index contributed by atoms with van der Waals surface area (Å²) in [5.74, 6) is -2.71. The molecule has 0 saturated carbocycles. The largest absolute Gasteiger partial charge is 0.503 e. The zero-order valence-electron chi connectivity index (χ0n) is 19.0. The molecule has 2 heterocycles. The van der Waals surface area contributed by atoms with Crippen LogP contribution in [0.3, 0.4) is 0 Å². The van der Waals surface area contributed by atoms with Crippen LogP contribution in [0, 0.1) is 5.82 Å². The molecule has 33 heavy (non-hydrogen) atoms. The summed E-state index contributed by atoms with van der Waals surface area (Å²) in [7, 11) is 1.57. The molecule has 0 fully saturated rings. The fraction of sp³-hybridized carbons (Fsp3) is 0.435. The van der Waals surface area contributed by atoms with E-state index in [0.29, 0.717) is 25.2 Å². The van der Waals surface area contributed by atoms with Crippen LogP contribution in [0.1, 0.15) is 71.4 Å². The summed E-state index contributed by atoms with van der Waals surface area (Å²) in [4.78, 5) is 40.7. The van der Waals surface area contributed by atoms with Crippen LogP contribution in [0.25, 0.3) is 0 Å². The molecule has 1 aliphatic heterocycles. The van der Waals surface area contributed by atoms with Crippen molar-refractivity contribution in [2.75, 3.05) is 20.1 Å². The van der Waals surface area contributed by atoms with Crippen LogP contribution >= 0.6 is 11.6 Å². The van der Waals surface area contributed by atoms with Gasteiger partial charge in [0.25, 0.3) is 11.8 Å². The Balaban J connectivity index is 2.13. The molecule has 2 aromatic rings. The second-order valence-corrected chi connectivity index (χ2v) is 8.47. The van der Waals surface area contributed by atoms with Crippen molar-refractivity contribution in [2.24, 2.45) is 0 Å². The van der Waals surface area contributed by atoms with Crippen molar-refractivity contribution >= 4 is 23.4 Å².